The van der Waals surface area contributed by atoms with Gasteiger partial charge >= 0.3 is 6.18 Å². The van der Waals surface area contributed by atoms with Crippen molar-refractivity contribution in [2.75, 3.05) is 26.2 Å². The highest BCUT2D eigenvalue weighted by Crippen LogP contribution is 2.35. The summed E-state index contributed by atoms with van der Waals surface area (Å²) in [5.74, 6) is -1.53. The van der Waals surface area contributed by atoms with Crippen LogP contribution in [0.4, 0.5) is 22.0 Å². The number of aryl methyl sites for hydroxylation is 1. The molecule has 0 radical (unpaired) electrons. The number of alkyl halides is 3. The van der Waals surface area contributed by atoms with Crippen LogP contribution in [-0.4, -0.2) is 37.3 Å². The van der Waals surface area contributed by atoms with E-state index in [2.05, 4.69) is 5.32 Å². The largest absolute Gasteiger partial charge is 0.389 e. The van der Waals surface area contributed by atoms with Crippen LogP contribution < -0.4 is 5.32 Å². The lowest BCUT2D eigenvalue weighted by Crippen LogP contribution is -2.45. The molecule has 2 nitrogen and oxygen atoms in total. The Kier molecular flexibility index (Phi) is 9.49. The first-order chi connectivity index (χ1) is 10.3. The highest BCUT2D eigenvalue weighted by molar-refractivity contribution is 5.85. The number of benzene rings is 1. The third-order valence-electron chi connectivity index (χ3n) is 3.95. The standard InChI is InChI=1S/C15H19F5N2.2ClH/c1-10-2-3-11(16)13(14(10)17)12(4-5-15(18,19)20)22-8-6-21-7-9-22;;/h2-3,12,21H,4-9H2,1H3;2*1H/t12-;;/m1../s1. The minimum Gasteiger partial charge on any atom is -0.314 e. The fourth-order valence-electron chi connectivity index (χ4n) is 2.79. The second-order valence-corrected chi connectivity index (χ2v) is 5.55. The van der Waals surface area contributed by atoms with Crippen LogP contribution in [0.5, 0.6) is 0 Å². The van der Waals surface area contributed by atoms with Crippen LogP contribution in [0.1, 0.15) is 30.0 Å². The quantitative estimate of drug-likeness (QED) is 0.761. The predicted molar refractivity (Wildman–Crippen MR) is 88.1 cm³/mol. The van der Waals surface area contributed by atoms with Crippen LogP contribution in [0.2, 0.25) is 0 Å². The Morgan fingerprint density at radius 3 is 2.25 bits per heavy atom. The maximum absolute atomic E-state index is 14.3. The summed E-state index contributed by atoms with van der Waals surface area (Å²) in [4.78, 5) is 1.73. The fraction of sp³-hybridized carbons (Fsp3) is 0.600. The molecule has 0 aliphatic carbocycles. The first kappa shape index (κ1) is 23.4. The van der Waals surface area contributed by atoms with Gasteiger partial charge in [-0.2, -0.15) is 13.2 Å². The monoisotopic (exact) mass is 394 g/mol. The molecule has 1 saturated heterocycles. The van der Waals surface area contributed by atoms with Crippen molar-refractivity contribution in [3.63, 3.8) is 0 Å². The van der Waals surface area contributed by atoms with Gasteiger partial charge in [0.1, 0.15) is 11.6 Å². The molecule has 1 N–H and O–H groups in total. The van der Waals surface area contributed by atoms with Gasteiger partial charge in [-0.1, -0.05) is 6.07 Å². The molecule has 140 valence electrons. The van der Waals surface area contributed by atoms with Crippen LogP contribution >= 0.6 is 24.8 Å². The first-order valence-electron chi connectivity index (χ1n) is 7.25. The number of halogens is 7. The second-order valence-electron chi connectivity index (χ2n) is 5.55. The van der Waals surface area contributed by atoms with E-state index in [0.717, 1.165) is 6.07 Å². The van der Waals surface area contributed by atoms with Crippen LogP contribution in [0.15, 0.2) is 12.1 Å². The Labute approximate surface area is 150 Å². The van der Waals surface area contributed by atoms with E-state index in [1.54, 1.807) is 4.90 Å². The normalized spacial score (nSPS) is 16.9. The van der Waals surface area contributed by atoms with E-state index < -0.39 is 30.3 Å². The molecule has 24 heavy (non-hydrogen) atoms. The van der Waals surface area contributed by atoms with Crippen molar-refractivity contribution in [2.24, 2.45) is 0 Å². The minimum atomic E-state index is -4.34. The van der Waals surface area contributed by atoms with E-state index >= 15 is 0 Å². The Bertz CT molecular complexity index is 519. The molecule has 1 atom stereocenters. The van der Waals surface area contributed by atoms with E-state index in [4.69, 9.17) is 0 Å². The third-order valence-corrected chi connectivity index (χ3v) is 3.95. The summed E-state index contributed by atoms with van der Waals surface area (Å²) in [6, 6.07) is 1.52. The number of hydrogen-bond acceptors (Lipinski definition) is 2. The summed E-state index contributed by atoms with van der Waals surface area (Å²) >= 11 is 0. The smallest absolute Gasteiger partial charge is 0.314 e. The zero-order valence-electron chi connectivity index (χ0n) is 13.1. The molecule has 9 heteroatoms. The van der Waals surface area contributed by atoms with Crippen molar-refractivity contribution in [2.45, 2.75) is 32.0 Å². The van der Waals surface area contributed by atoms with Gasteiger partial charge in [-0.25, -0.2) is 8.78 Å². The van der Waals surface area contributed by atoms with Crippen molar-refractivity contribution >= 4 is 24.8 Å². The molecule has 1 aliphatic heterocycles. The summed E-state index contributed by atoms with van der Waals surface area (Å²) in [6.07, 6.45) is -5.75. The average Bonchev–Trinajstić information content (AvgIpc) is 2.46. The Balaban J connectivity index is 0.00000264. The van der Waals surface area contributed by atoms with Crippen LogP contribution in [-0.2, 0) is 0 Å². The van der Waals surface area contributed by atoms with Crippen molar-refractivity contribution in [3.8, 4) is 0 Å². The lowest BCUT2D eigenvalue weighted by molar-refractivity contribution is -0.138. The van der Waals surface area contributed by atoms with Crippen molar-refractivity contribution in [3.05, 3.63) is 34.9 Å². The highest BCUT2D eigenvalue weighted by atomic mass is 35.5. The van der Waals surface area contributed by atoms with Crippen LogP contribution in [0, 0.1) is 18.6 Å². The van der Waals surface area contributed by atoms with E-state index in [0.29, 0.717) is 26.2 Å². The Morgan fingerprint density at radius 1 is 1.12 bits per heavy atom. The predicted octanol–water partition coefficient (Wildman–Crippen LogP) is 4.41. The van der Waals surface area contributed by atoms with Crippen LogP contribution in [0.3, 0.4) is 0 Å². The molecular formula is C15H21Cl2F5N2. The van der Waals surface area contributed by atoms with Gasteiger partial charge in [-0.3, -0.25) is 4.90 Å². The lowest BCUT2D eigenvalue weighted by atomic mass is 9.96. The molecule has 0 aromatic heterocycles. The van der Waals surface area contributed by atoms with Gasteiger partial charge in [-0.05, 0) is 25.0 Å². The van der Waals surface area contributed by atoms with Gasteiger partial charge < -0.3 is 5.32 Å². The van der Waals surface area contributed by atoms with Gasteiger partial charge in [0, 0.05) is 44.2 Å². The number of nitrogens with zero attached hydrogens (tertiary/aromatic N) is 1. The first-order valence-corrected chi connectivity index (χ1v) is 7.25. The Hall–Kier alpha value is -0.630. The summed E-state index contributed by atoms with van der Waals surface area (Å²) < 4.78 is 66.1. The molecule has 1 aromatic rings. The van der Waals surface area contributed by atoms with Gasteiger partial charge in [0.25, 0.3) is 0 Å². The summed E-state index contributed by atoms with van der Waals surface area (Å²) in [6.45, 7) is 3.61. The zero-order valence-corrected chi connectivity index (χ0v) is 14.8. The minimum absolute atomic E-state index is 0. The lowest BCUT2D eigenvalue weighted by Gasteiger charge is -2.36. The highest BCUT2D eigenvalue weighted by Gasteiger charge is 2.33. The van der Waals surface area contributed by atoms with Gasteiger partial charge in [-0.15, -0.1) is 24.8 Å². The van der Waals surface area contributed by atoms with E-state index in [9.17, 15) is 22.0 Å². The average molecular weight is 395 g/mol. The zero-order chi connectivity index (χ0) is 16.3. The number of rotatable bonds is 4. The fourth-order valence-corrected chi connectivity index (χ4v) is 2.79. The Morgan fingerprint density at radius 2 is 1.71 bits per heavy atom. The van der Waals surface area contributed by atoms with E-state index in [-0.39, 0.29) is 42.4 Å². The summed E-state index contributed by atoms with van der Waals surface area (Å²) in [7, 11) is 0. The SMILES string of the molecule is Cc1ccc(F)c([C@@H](CCC(F)(F)F)N2CCNCC2)c1F.Cl.Cl. The molecule has 1 heterocycles. The van der Waals surface area contributed by atoms with Crippen molar-refractivity contribution in [1.29, 1.82) is 0 Å². The summed E-state index contributed by atoms with van der Waals surface area (Å²) in [5, 5.41) is 3.08. The maximum Gasteiger partial charge on any atom is 0.389 e. The van der Waals surface area contributed by atoms with E-state index in [1.807, 2.05) is 0 Å². The van der Waals surface area contributed by atoms with Gasteiger partial charge in [0.15, 0.2) is 0 Å². The molecule has 1 aliphatic rings. The molecule has 0 spiro atoms. The number of nitrogens with one attached hydrogen (secondary N) is 1. The molecular weight excluding hydrogens is 374 g/mol. The molecule has 1 aromatic carbocycles. The molecule has 0 amide bonds. The maximum atomic E-state index is 14.3. The van der Waals surface area contributed by atoms with Gasteiger partial charge in [0.2, 0.25) is 0 Å². The molecule has 2 rings (SSSR count). The summed E-state index contributed by atoms with van der Waals surface area (Å²) in [5.41, 5.74) is -0.00491. The van der Waals surface area contributed by atoms with Crippen LogP contribution in [0.25, 0.3) is 0 Å². The molecule has 1 fully saturated rings. The number of piperazine rings is 1. The number of hydrogen-bond donors (Lipinski definition) is 1. The van der Waals surface area contributed by atoms with Crippen molar-refractivity contribution in [1.82, 2.24) is 10.2 Å². The van der Waals surface area contributed by atoms with Crippen molar-refractivity contribution < 1.29 is 22.0 Å². The molecule has 0 unspecified atom stereocenters. The third kappa shape index (κ3) is 6.02. The second kappa shape index (κ2) is 9.75. The topological polar surface area (TPSA) is 15.3 Å². The van der Waals surface area contributed by atoms with E-state index in [1.165, 1.54) is 13.0 Å². The van der Waals surface area contributed by atoms with Gasteiger partial charge in [0.05, 0.1) is 0 Å². The molecule has 0 saturated carbocycles. The molecule has 0 bridgehead atoms.